The number of benzene rings is 1. The molecule has 1 aromatic heterocycles. The van der Waals surface area contributed by atoms with Crippen molar-refractivity contribution >= 4 is 28.5 Å². The first kappa shape index (κ1) is 19.0. The minimum Gasteiger partial charge on any atom is -0.379 e. The molecule has 0 radical (unpaired) electrons. The van der Waals surface area contributed by atoms with E-state index in [1.807, 2.05) is 0 Å². The average molecular weight is 402 g/mol. The molecule has 1 aromatic carbocycles. The van der Waals surface area contributed by atoms with Crippen LogP contribution in [0.5, 0.6) is 0 Å². The Kier molecular flexibility index (Phi) is 4.69. The van der Waals surface area contributed by atoms with Crippen LogP contribution < -0.4 is 11.1 Å². The number of rotatable bonds is 3. The van der Waals surface area contributed by atoms with Crippen LogP contribution in [-0.4, -0.2) is 22.0 Å². The molecule has 1 fully saturated rings. The molecule has 3 N–H and O–H groups in total. The lowest BCUT2D eigenvalue weighted by atomic mass is 9.60. The summed E-state index contributed by atoms with van der Waals surface area (Å²) in [5.41, 5.74) is 6.34. The number of thioether (sulfide) groups is 1. The maximum atomic E-state index is 15.0. The van der Waals surface area contributed by atoms with Crippen molar-refractivity contribution in [1.82, 2.24) is 5.16 Å². The van der Waals surface area contributed by atoms with Gasteiger partial charge in [-0.3, -0.25) is 9.79 Å². The number of anilines is 1. The maximum absolute atomic E-state index is 15.0. The Morgan fingerprint density at radius 1 is 1.32 bits per heavy atom. The number of hydrogen-bond acceptors (Lipinski definition) is 6. The summed E-state index contributed by atoms with van der Waals surface area (Å²) in [4.78, 5) is 17.2. The summed E-state index contributed by atoms with van der Waals surface area (Å²) < 4.78 is 20.0. The quantitative estimate of drug-likeness (QED) is 0.802. The van der Waals surface area contributed by atoms with Crippen LogP contribution in [0.1, 0.15) is 54.4 Å². The van der Waals surface area contributed by atoms with Gasteiger partial charge in [-0.25, -0.2) is 4.39 Å². The number of amides is 1. The monoisotopic (exact) mass is 402 g/mol. The molecule has 0 bridgehead atoms. The molecule has 0 saturated heterocycles. The lowest BCUT2D eigenvalue weighted by Gasteiger charge is -2.52. The van der Waals surface area contributed by atoms with Crippen LogP contribution in [0.25, 0.3) is 0 Å². The predicted octanol–water partition coefficient (Wildman–Crippen LogP) is 4.21. The van der Waals surface area contributed by atoms with E-state index in [0.717, 1.165) is 31.4 Å². The van der Waals surface area contributed by atoms with Gasteiger partial charge in [0, 0.05) is 28.5 Å². The minimum atomic E-state index is -0.712. The van der Waals surface area contributed by atoms with Gasteiger partial charge in [-0.15, -0.1) is 0 Å². The lowest BCUT2D eigenvalue weighted by molar-refractivity contribution is 0.0998. The third-order valence-electron chi connectivity index (χ3n) is 5.89. The summed E-state index contributed by atoms with van der Waals surface area (Å²) in [5, 5.41) is 7.00. The van der Waals surface area contributed by atoms with Gasteiger partial charge < -0.3 is 15.6 Å². The van der Waals surface area contributed by atoms with E-state index >= 15 is 4.39 Å². The highest BCUT2D eigenvalue weighted by atomic mass is 32.2. The molecule has 6 nitrogen and oxygen atoms in total. The summed E-state index contributed by atoms with van der Waals surface area (Å²) in [7, 11) is 0. The number of carbonyl (C=O) groups is 1. The molecule has 1 saturated carbocycles. The molecule has 2 atom stereocenters. The van der Waals surface area contributed by atoms with E-state index < -0.39 is 11.4 Å². The fourth-order valence-electron chi connectivity index (χ4n) is 4.35. The number of fused-ring (bicyclic) bond motifs is 1. The van der Waals surface area contributed by atoms with Gasteiger partial charge in [-0.1, -0.05) is 36.7 Å². The molecular weight excluding hydrogens is 379 g/mol. The third kappa shape index (κ3) is 3.09. The molecule has 1 amide bonds. The van der Waals surface area contributed by atoms with E-state index in [9.17, 15) is 4.79 Å². The number of aromatic nitrogens is 1. The Balaban J connectivity index is 1.74. The average Bonchev–Trinajstić information content (AvgIpc) is 3.10. The van der Waals surface area contributed by atoms with E-state index in [2.05, 4.69) is 17.4 Å². The number of aliphatic imine (C=N–C) groups is 1. The molecule has 148 valence electrons. The summed E-state index contributed by atoms with van der Waals surface area (Å²) in [5.74, 6) is 0.620. The largest absolute Gasteiger partial charge is 0.379 e. The SMILES string of the molecule is Cc1cc(C(=O)Nc2ccc(F)c([C@]34CCCC[C@@]3(C)CSC(N)=N4)c2)no1. The van der Waals surface area contributed by atoms with Crippen molar-refractivity contribution in [3.63, 3.8) is 0 Å². The molecular formula is C20H23FN4O2S. The summed E-state index contributed by atoms with van der Waals surface area (Å²) >= 11 is 1.53. The molecule has 1 aliphatic heterocycles. The van der Waals surface area contributed by atoms with E-state index in [1.54, 1.807) is 25.1 Å². The van der Waals surface area contributed by atoms with Gasteiger partial charge in [-0.05, 0) is 38.0 Å². The standard InChI is InChI=1S/C20H23FN4O2S/c1-12-9-16(25-27-12)17(26)23-13-5-6-15(21)14(10-13)20-8-4-3-7-19(20,2)11-28-18(22)24-20/h5-6,9-10H,3-4,7-8,11H2,1-2H3,(H2,22,24)(H,23,26)/t19-,20+/m0/s1. The number of hydrogen-bond donors (Lipinski definition) is 2. The van der Waals surface area contributed by atoms with Crippen LogP contribution in [0.15, 0.2) is 33.8 Å². The Labute approximate surface area is 167 Å². The molecule has 28 heavy (non-hydrogen) atoms. The van der Waals surface area contributed by atoms with Crippen molar-refractivity contribution in [2.75, 3.05) is 11.1 Å². The highest BCUT2D eigenvalue weighted by Crippen LogP contribution is 2.57. The third-order valence-corrected chi connectivity index (χ3v) is 7.05. The Morgan fingerprint density at radius 3 is 2.86 bits per heavy atom. The Hall–Kier alpha value is -2.35. The fourth-order valence-corrected chi connectivity index (χ4v) is 5.42. The van der Waals surface area contributed by atoms with Crippen LogP contribution in [0.2, 0.25) is 0 Å². The van der Waals surface area contributed by atoms with Crippen LogP contribution in [0.3, 0.4) is 0 Å². The van der Waals surface area contributed by atoms with E-state index in [4.69, 9.17) is 15.2 Å². The molecule has 2 heterocycles. The minimum absolute atomic E-state index is 0.181. The zero-order valence-corrected chi connectivity index (χ0v) is 16.7. The van der Waals surface area contributed by atoms with Gasteiger partial charge in [-0.2, -0.15) is 0 Å². The van der Waals surface area contributed by atoms with Gasteiger partial charge in [0.1, 0.15) is 11.6 Å². The molecule has 2 aliphatic rings. The smallest absolute Gasteiger partial charge is 0.277 e. The highest BCUT2D eigenvalue weighted by Gasteiger charge is 2.54. The van der Waals surface area contributed by atoms with Gasteiger partial charge in [0.15, 0.2) is 10.9 Å². The second-order valence-corrected chi connectivity index (χ2v) is 8.83. The predicted molar refractivity (Wildman–Crippen MR) is 108 cm³/mol. The first-order chi connectivity index (χ1) is 13.3. The van der Waals surface area contributed by atoms with E-state index in [1.165, 1.54) is 17.8 Å². The number of halogens is 1. The van der Waals surface area contributed by atoms with Crippen molar-refractivity contribution in [2.24, 2.45) is 16.1 Å². The zero-order valence-electron chi connectivity index (χ0n) is 15.9. The van der Waals surface area contributed by atoms with Crippen LogP contribution in [0, 0.1) is 18.2 Å². The van der Waals surface area contributed by atoms with Crippen molar-refractivity contribution in [3.05, 3.63) is 47.1 Å². The summed E-state index contributed by atoms with van der Waals surface area (Å²) in [6, 6.07) is 6.18. The topological polar surface area (TPSA) is 93.5 Å². The van der Waals surface area contributed by atoms with Crippen molar-refractivity contribution in [1.29, 1.82) is 0 Å². The molecule has 1 aliphatic carbocycles. The van der Waals surface area contributed by atoms with Crippen LogP contribution in [0.4, 0.5) is 10.1 Å². The number of aryl methyl sites for hydroxylation is 1. The number of amidine groups is 1. The first-order valence-electron chi connectivity index (χ1n) is 9.36. The second kappa shape index (κ2) is 6.92. The fraction of sp³-hybridized carbons (Fsp3) is 0.450. The number of nitrogens with zero attached hydrogens (tertiary/aromatic N) is 2. The molecule has 8 heteroatoms. The zero-order chi connectivity index (χ0) is 19.9. The first-order valence-corrected chi connectivity index (χ1v) is 10.3. The molecule has 2 aromatic rings. The van der Waals surface area contributed by atoms with Crippen molar-refractivity contribution in [3.8, 4) is 0 Å². The highest BCUT2D eigenvalue weighted by molar-refractivity contribution is 8.13. The normalized spacial score (nSPS) is 27.0. The van der Waals surface area contributed by atoms with Crippen molar-refractivity contribution < 1.29 is 13.7 Å². The van der Waals surface area contributed by atoms with Crippen molar-refractivity contribution in [2.45, 2.75) is 45.1 Å². The van der Waals surface area contributed by atoms with E-state index in [0.29, 0.717) is 22.2 Å². The molecule has 0 spiro atoms. The van der Waals surface area contributed by atoms with Gasteiger partial charge in [0.05, 0.1) is 5.54 Å². The Bertz CT molecular complexity index is 959. The van der Waals surface area contributed by atoms with Crippen LogP contribution >= 0.6 is 11.8 Å². The number of nitrogens with two attached hydrogens (primary N) is 1. The van der Waals surface area contributed by atoms with Gasteiger partial charge in [0.25, 0.3) is 5.91 Å². The summed E-state index contributed by atoms with van der Waals surface area (Å²) in [6.07, 6.45) is 3.76. The molecule has 0 unspecified atom stereocenters. The molecule has 4 rings (SSSR count). The number of nitrogens with one attached hydrogen (secondary N) is 1. The summed E-state index contributed by atoms with van der Waals surface area (Å²) in [6.45, 7) is 3.88. The maximum Gasteiger partial charge on any atom is 0.277 e. The lowest BCUT2D eigenvalue weighted by Crippen LogP contribution is -2.50. The van der Waals surface area contributed by atoms with E-state index in [-0.39, 0.29) is 16.9 Å². The van der Waals surface area contributed by atoms with Gasteiger partial charge >= 0.3 is 0 Å². The van der Waals surface area contributed by atoms with Crippen LogP contribution in [-0.2, 0) is 5.54 Å². The van der Waals surface area contributed by atoms with Gasteiger partial charge in [0.2, 0.25) is 0 Å². The Morgan fingerprint density at radius 2 is 2.11 bits per heavy atom. The number of carbonyl (C=O) groups excluding carboxylic acids is 1. The second-order valence-electron chi connectivity index (χ2n) is 7.84.